The third kappa shape index (κ3) is 4.41. The minimum Gasteiger partial charge on any atom is -0.384 e. The van der Waals surface area contributed by atoms with E-state index >= 15 is 0 Å². The number of carbonyl (C=O) groups excluding carboxylic acids is 1. The molecule has 1 heterocycles. The van der Waals surface area contributed by atoms with Crippen LogP contribution in [0.2, 0.25) is 0 Å². The summed E-state index contributed by atoms with van der Waals surface area (Å²) >= 11 is 0. The summed E-state index contributed by atoms with van der Waals surface area (Å²) in [5.74, 6) is 0.239. The van der Waals surface area contributed by atoms with Gasteiger partial charge in [0, 0.05) is 30.9 Å². The van der Waals surface area contributed by atoms with Crippen molar-refractivity contribution < 1.29 is 13.2 Å². The average molecular weight is 398 g/mol. The fourth-order valence-corrected chi connectivity index (χ4v) is 4.91. The lowest BCUT2D eigenvalue weighted by atomic mass is 9.97. The Bertz CT molecular complexity index is 989. The van der Waals surface area contributed by atoms with E-state index in [0.29, 0.717) is 47.3 Å². The maximum atomic E-state index is 12.7. The Morgan fingerprint density at radius 1 is 1.18 bits per heavy atom. The first-order chi connectivity index (χ1) is 13.4. The van der Waals surface area contributed by atoms with E-state index in [2.05, 4.69) is 11.4 Å². The summed E-state index contributed by atoms with van der Waals surface area (Å²) in [7, 11) is -3.45. The molecule has 2 aromatic rings. The highest BCUT2D eigenvalue weighted by molar-refractivity contribution is 7.89. The molecule has 28 heavy (non-hydrogen) atoms. The SMILES string of the molecule is CC(=O)c1ccc(C#N)cc1NCC1CCN(S(=O)(=O)c2ccccc2)CC1. The Morgan fingerprint density at radius 3 is 2.46 bits per heavy atom. The van der Waals surface area contributed by atoms with E-state index in [-0.39, 0.29) is 5.78 Å². The lowest BCUT2D eigenvalue weighted by Crippen LogP contribution is -2.39. The molecular formula is C21H23N3O3S. The summed E-state index contributed by atoms with van der Waals surface area (Å²) < 4.78 is 26.9. The number of piperidine rings is 1. The number of nitrogens with zero attached hydrogens (tertiary/aromatic N) is 2. The van der Waals surface area contributed by atoms with Crippen LogP contribution in [0.3, 0.4) is 0 Å². The molecule has 7 heteroatoms. The van der Waals surface area contributed by atoms with Crippen LogP contribution < -0.4 is 5.32 Å². The van der Waals surface area contributed by atoms with Crippen molar-refractivity contribution in [2.24, 2.45) is 5.92 Å². The number of benzene rings is 2. The quantitative estimate of drug-likeness (QED) is 0.756. The molecule has 0 spiro atoms. The van der Waals surface area contributed by atoms with Crippen LogP contribution in [0.5, 0.6) is 0 Å². The number of anilines is 1. The zero-order chi connectivity index (χ0) is 20.1. The van der Waals surface area contributed by atoms with Crippen molar-refractivity contribution in [2.45, 2.75) is 24.7 Å². The smallest absolute Gasteiger partial charge is 0.243 e. The fraction of sp³-hybridized carbons (Fsp3) is 0.333. The summed E-state index contributed by atoms with van der Waals surface area (Å²) in [6.45, 7) is 3.08. The highest BCUT2D eigenvalue weighted by atomic mass is 32.2. The maximum absolute atomic E-state index is 12.7. The van der Waals surface area contributed by atoms with E-state index in [9.17, 15) is 13.2 Å². The molecule has 1 N–H and O–H groups in total. The standard InChI is InChI=1S/C21H23N3O3S/c1-16(25)20-8-7-18(14-22)13-21(20)23-15-17-9-11-24(12-10-17)28(26,27)19-5-3-2-4-6-19/h2-8,13,17,23H,9-12,15H2,1H3. The number of Topliss-reactive ketones (excluding diaryl/α,β-unsaturated/α-hetero) is 1. The van der Waals surface area contributed by atoms with Crippen LogP contribution in [0, 0.1) is 17.2 Å². The average Bonchev–Trinajstić information content (AvgIpc) is 2.72. The third-order valence-electron chi connectivity index (χ3n) is 5.06. The Balaban J connectivity index is 1.61. The Kier molecular flexibility index (Phi) is 6.12. The number of nitrogens with one attached hydrogen (secondary N) is 1. The van der Waals surface area contributed by atoms with E-state index in [0.717, 1.165) is 12.8 Å². The molecule has 2 aromatic carbocycles. The van der Waals surface area contributed by atoms with Crippen LogP contribution in [0.15, 0.2) is 53.4 Å². The van der Waals surface area contributed by atoms with Crippen molar-refractivity contribution in [2.75, 3.05) is 25.0 Å². The van der Waals surface area contributed by atoms with Gasteiger partial charge in [-0.25, -0.2) is 8.42 Å². The number of sulfonamides is 1. The lowest BCUT2D eigenvalue weighted by Gasteiger charge is -2.31. The van der Waals surface area contributed by atoms with Gasteiger partial charge in [0.15, 0.2) is 5.78 Å². The molecule has 0 unspecified atom stereocenters. The minimum atomic E-state index is -3.45. The lowest BCUT2D eigenvalue weighted by molar-refractivity contribution is 0.101. The summed E-state index contributed by atoms with van der Waals surface area (Å²) in [5, 5.41) is 12.4. The maximum Gasteiger partial charge on any atom is 0.243 e. The normalized spacial score (nSPS) is 15.7. The first-order valence-electron chi connectivity index (χ1n) is 9.26. The Morgan fingerprint density at radius 2 is 1.86 bits per heavy atom. The monoisotopic (exact) mass is 397 g/mol. The zero-order valence-corrected chi connectivity index (χ0v) is 16.6. The van der Waals surface area contributed by atoms with Crippen molar-refractivity contribution in [1.29, 1.82) is 5.26 Å². The van der Waals surface area contributed by atoms with Gasteiger partial charge in [-0.1, -0.05) is 18.2 Å². The number of rotatable bonds is 6. The highest BCUT2D eigenvalue weighted by Gasteiger charge is 2.29. The summed E-state index contributed by atoms with van der Waals surface area (Å²) in [4.78, 5) is 12.1. The second kappa shape index (κ2) is 8.55. The van der Waals surface area contributed by atoms with Crippen molar-refractivity contribution in [3.8, 4) is 6.07 Å². The molecular weight excluding hydrogens is 374 g/mol. The van der Waals surface area contributed by atoms with Gasteiger partial charge in [0.05, 0.1) is 16.5 Å². The topological polar surface area (TPSA) is 90.3 Å². The van der Waals surface area contributed by atoms with Crippen LogP contribution >= 0.6 is 0 Å². The predicted octanol–water partition coefficient (Wildman–Crippen LogP) is 3.27. The van der Waals surface area contributed by atoms with Gasteiger partial charge in [-0.2, -0.15) is 9.57 Å². The van der Waals surface area contributed by atoms with Crippen LogP contribution in [-0.4, -0.2) is 38.1 Å². The second-order valence-corrected chi connectivity index (χ2v) is 8.91. The van der Waals surface area contributed by atoms with Crippen LogP contribution in [0.4, 0.5) is 5.69 Å². The van der Waals surface area contributed by atoms with Gasteiger partial charge in [0.25, 0.3) is 0 Å². The number of hydrogen-bond acceptors (Lipinski definition) is 5. The van der Waals surface area contributed by atoms with Crippen LogP contribution in [0.1, 0.15) is 35.7 Å². The summed E-state index contributed by atoms with van der Waals surface area (Å²) in [6.07, 6.45) is 1.48. The van der Waals surface area contributed by atoms with Gasteiger partial charge >= 0.3 is 0 Å². The fourth-order valence-electron chi connectivity index (χ4n) is 3.42. The Labute approximate surface area is 165 Å². The van der Waals surface area contributed by atoms with Crippen LogP contribution in [0.25, 0.3) is 0 Å². The van der Waals surface area contributed by atoms with Crippen LogP contribution in [-0.2, 0) is 10.0 Å². The molecule has 3 rings (SSSR count). The van der Waals surface area contributed by atoms with Gasteiger partial charge in [0.2, 0.25) is 10.0 Å². The van der Waals surface area contributed by atoms with E-state index in [1.807, 2.05) is 0 Å². The Hall–Kier alpha value is -2.69. The van der Waals surface area contributed by atoms with Crippen molar-refractivity contribution in [1.82, 2.24) is 4.31 Å². The molecule has 0 saturated carbocycles. The van der Waals surface area contributed by atoms with E-state index < -0.39 is 10.0 Å². The van der Waals surface area contributed by atoms with E-state index in [1.165, 1.54) is 11.2 Å². The summed E-state index contributed by atoms with van der Waals surface area (Å²) in [6, 6.07) is 15.6. The first-order valence-corrected chi connectivity index (χ1v) is 10.7. The molecule has 146 valence electrons. The van der Waals surface area contributed by atoms with Crippen molar-refractivity contribution in [3.63, 3.8) is 0 Å². The van der Waals surface area contributed by atoms with Crippen molar-refractivity contribution >= 4 is 21.5 Å². The zero-order valence-electron chi connectivity index (χ0n) is 15.8. The first kappa shape index (κ1) is 20.1. The minimum absolute atomic E-state index is 0.0595. The van der Waals surface area contributed by atoms with E-state index in [1.54, 1.807) is 48.5 Å². The highest BCUT2D eigenvalue weighted by Crippen LogP contribution is 2.25. The third-order valence-corrected chi connectivity index (χ3v) is 6.98. The molecule has 1 aliphatic rings. The number of nitriles is 1. The number of ketones is 1. The summed E-state index contributed by atoms with van der Waals surface area (Å²) in [5.41, 5.74) is 1.71. The van der Waals surface area contributed by atoms with Gasteiger partial charge in [0.1, 0.15) is 0 Å². The number of carbonyl (C=O) groups is 1. The van der Waals surface area contributed by atoms with Gasteiger partial charge in [-0.15, -0.1) is 0 Å². The largest absolute Gasteiger partial charge is 0.384 e. The predicted molar refractivity (Wildman–Crippen MR) is 108 cm³/mol. The molecule has 0 bridgehead atoms. The molecule has 1 fully saturated rings. The molecule has 0 radical (unpaired) electrons. The van der Waals surface area contributed by atoms with Crippen molar-refractivity contribution in [3.05, 3.63) is 59.7 Å². The molecule has 1 saturated heterocycles. The molecule has 6 nitrogen and oxygen atoms in total. The molecule has 0 amide bonds. The van der Waals surface area contributed by atoms with Gasteiger partial charge in [-0.3, -0.25) is 4.79 Å². The molecule has 0 aromatic heterocycles. The molecule has 1 aliphatic heterocycles. The number of hydrogen-bond donors (Lipinski definition) is 1. The molecule has 0 aliphatic carbocycles. The molecule has 0 atom stereocenters. The van der Waals surface area contributed by atoms with Gasteiger partial charge in [-0.05, 0) is 56.0 Å². The second-order valence-electron chi connectivity index (χ2n) is 6.97. The van der Waals surface area contributed by atoms with E-state index in [4.69, 9.17) is 5.26 Å². The van der Waals surface area contributed by atoms with Gasteiger partial charge < -0.3 is 5.32 Å².